The predicted molar refractivity (Wildman–Crippen MR) is 83.2 cm³/mol. The molecule has 0 bridgehead atoms. The first-order valence-corrected chi connectivity index (χ1v) is 7.69. The highest BCUT2D eigenvalue weighted by molar-refractivity contribution is 6.33. The minimum absolute atomic E-state index is 0.0797. The molecule has 0 aliphatic heterocycles. The molecule has 2 nitrogen and oxygen atoms in total. The van der Waals surface area contributed by atoms with Crippen LogP contribution in [0.5, 0.6) is 0 Å². The van der Waals surface area contributed by atoms with Crippen LogP contribution in [0.2, 0.25) is 10.0 Å². The molecule has 0 fully saturated rings. The Morgan fingerprint density at radius 1 is 1.21 bits per heavy atom. The molecule has 2 unspecified atom stereocenters. The molecule has 108 valence electrons. The molecule has 0 radical (unpaired) electrons. The van der Waals surface area contributed by atoms with E-state index in [1.54, 1.807) is 0 Å². The van der Waals surface area contributed by atoms with E-state index in [1.165, 1.54) is 0 Å². The number of hydrogen-bond acceptors (Lipinski definition) is 2. The van der Waals surface area contributed by atoms with E-state index >= 15 is 0 Å². The van der Waals surface area contributed by atoms with Crippen LogP contribution in [0.25, 0.3) is 0 Å². The molecular weight excluding hydrogens is 281 g/mol. The maximum atomic E-state index is 6.32. The summed E-state index contributed by atoms with van der Waals surface area (Å²) in [6.07, 6.45) is 2.10. The molecule has 0 amide bonds. The highest BCUT2D eigenvalue weighted by Gasteiger charge is 2.23. The Balaban J connectivity index is 3.03. The van der Waals surface area contributed by atoms with Gasteiger partial charge in [0.2, 0.25) is 0 Å². The van der Waals surface area contributed by atoms with Crippen molar-refractivity contribution in [2.24, 2.45) is 0 Å². The van der Waals surface area contributed by atoms with Gasteiger partial charge in [0.15, 0.2) is 0 Å². The van der Waals surface area contributed by atoms with E-state index in [2.05, 4.69) is 19.2 Å². The first kappa shape index (κ1) is 16.8. The number of benzene rings is 1. The van der Waals surface area contributed by atoms with E-state index in [4.69, 9.17) is 27.9 Å². The zero-order chi connectivity index (χ0) is 14.3. The average molecular weight is 304 g/mol. The SMILES string of the molecule is CCCNC(c1cc(Cl)ccc1Cl)C(CC)OCC. The second-order valence-electron chi connectivity index (χ2n) is 4.50. The van der Waals surface area contributed by atoms with Crippen LogP contribution in [-0.2, 0) is 4.74 Å². The molecule has 0 heterocycles. The van der Waals surface area contributed by atoms with Gasteiger partial charge >= 0.3 is 0 Å². The number of nitrogens with one attached hydrogen (secondary N) is 1. The van der Waals surface area contributed by atoms with Crippen molar-refractivity contribution < 1.29 is 4.74 Å². The normalized spacial score (nSPS) is 14.4. The molecule has 0 saturated heterocycles. The third-order valence-corrected chi connectivity index (χ3v) is 3.64. The van der Waals surface area contributed by atoms with Crippen LogP contribution in [0.3, 0.4) is 0 Å². The Hall–Kier alpha value is -0.280. The molecule has 0 aliphatic carbocycles. The van der Waals surface area contributed by atoms with Gasteiger partial charge in [0.1, 0.15) is 0 Å². The van der Waals surface area contributed by atoms with Gasteiger partial charge in [0.25, 0.3) is 0 Å². The van der Waals surface area contributed by atoms with Gasteiger partial charge < -0.3 is 10.1 Å². The van der Waals surface area contributed by atoms with Gasteiger partial charge in [-0.05, 0) is 50.1 Å². The lowest BCUT2D eigenvalue weighted by Crippen LogP contribution is -2.34. The van der Waals surface area contributed by atoms with Crippen LogP contribution in [0.1, 0.15) is 45.2 Å². The van der Waals surface area contributed by atoms with Crippen LogP contribution in [0.15, 0.2) is 18.2 Å². The molecular formula is C15H23Cl2NO. The van der Waals surface area contributed by atoms with Crippen molar-refractivity contribution >= 4 is 23.2 Å². The van der Waals surface area contributed by atoms with Crippen molar-refractivity contribution in [3.63, 3.8) is 0 Å². The Labute approximate surface area is 126 Å². The van der Waals surface area contributed by atoms with Crippen LogP contribution in [0, 0.1) is 0 Å². The van der Waals surface area contributed by atoms with E-state index in [0.717, 1.165) is 30.0 Å². The summed E-state index contributed by atoms with van der Waals surface area (Å²) in [6, 6.07) is 5.67. The van der Waals surface area contributed by atoms with Gasteiger partial charge in [-0.15, -0.1) is 0 Å². The molecule has 19 heavy (non-hydrogen) atoms. The van der Waals surface area contributed by atoms with Crippen LogP contribution in [-0.4, -0.2) is 19.3 Å². The van der Waals surface area contributed by atoms with E-state index in [9.17, 15) is 0 Å². The zero-order valence-electron chi connectivity index (χ0n) is 11.9. The number of hydrogen-bond donors (Lipinski definition) is 1. The summed E-state index contributed by atoms with van der Waals surface area (Å²) in [4.78, 5) is 0. The minimum Gasteiger partial charge on any atom is -0.377 e. The molecule has 2 atom stereocenters. The van der Waals surface area contributed by atoms with Gasteiger partial charge in [0.05, 0.1) is 12.1 Å². The quantitative estimate of drug-likeness (QED) is 0.741. The van der Waals surface area contributed by atoms with Crippen molar-refractivity contribution in [2.75, 3.05) is 13.2 Å². The van der Waals surface area contributed by atoms with Gasteiger partial charge in [-0.1, -0.05) is 37.0 Å². The van der Waals surface area contributed by atoms with Crippen molar-refractivity contribution in [2.45, 2.75) is 45.8 Å². The fourth-order valence-corrected chi connectivity index (χ4v) is 2.57. The molecule has 0 aromatic heterocycles. The van der Waals surface area contributed by atoms with Crippen LogP contribution in [0.4, 0.5) is 0 Å². The second kappa shape index (κ2) is 8.80. The predicted octanol–water partition coefficient (Wildman–Crippen LogP) is 4.85. The van der Waals surface area contributed by atoms with Gasteiger partial charge in [-0.3, -0.25) is 0 Å². The molecule has 1 N–H and O–H groups in total. The Kier molecular flexibility index (Phi) is 7.77. The van der Waals surface area contributed by atoms with Crippen molar-refractivity contribution in [1.29, 1.82) is 0 Å². The lowest BCUT2D eigenvalue weighted by molar-refractivity contribution is 0.0314. The monoisotopic (exact) mass is 303 g/mol. The summed E-state index contributed by atoms with van der Waals surface area (Å²) in [5.41, 5.74) is 1.02. The highest BCUT2D eigenvalue weighted by Crippen LogP contribution is 2.30. The minimum atomic E-state index is 0.0797. The van der Waals surface area contributed by atoms with E-state index in [1.807, 2.05) is 25.1 Å². The maximum absolute atomic E-state index is 6.32. The number of ether oxygens (including phenoxy) is 1. The summed E-state index contributed by atoms with van der Waals surface area (Å²) < 4.78 is 5.84. The summed E-state index contributed by atoms with van der Waals surface area (Å²) in [7, 11) is 0. The van der Waals surface area contributed by atoms with E-state index < -0.39 is 0 Å². The fraction of sp³-hybridized carbons (Fsp3) is 0.600. The molecule has 1 rings (SSSR count). The lowest BCUT2D eigenvalue weighted by atomic mass is 9.99. The largest absolute Gasteiger partial charge is 0.377 e. The molecule has 1 aromatic carbocycles. The van der Waals surface area contributed by atoms with Gasteiger partial charge in [-0.2, -0.15) is 0 Å². The second-order valence-corrected chi connectivity index (χ2v) is 5.34. The first-order valence-electron chi connectivity index (χ1n) is 6.93. The Morgan fingerprint density at radius 2 is 1.95 bits per heavy atom. The summed E-state index contributed by atoms with van der Waals surface area (Å²) in [5, 5.41) is 4.96. The molecule has 4 heteroatoms. The zero-order valence-corrected chi connectivity index (χ0v) is 13.4. The molecule has 0 aliphatic rings. The van der Waals surface area contributed by atoms with E-state index in [0.29, 0.717) is 11.6 Å². The summed E-state index contributed by atoms with van der Waals surface area (Å²) in [5.74, 6) is 0. The molecule has 1 aromatic rings. The smallest absolute Gasteiger partial charge is 0.0767 e. The van der Waals surface area contributed by atoms with Crippen LogP contribution >= 0.6 is 23.2 Å². The topological polar surface area (TPSA) is 21.3 Å². The highest BCUT2D eigenvalue weighted by atomic mass is 35.5. The first-order chi connectivity index (χ1) is 9.13. The van der Waals surface area contributed by atoms with Crippen molar-refractivity contribution in [3.05, 3.63) is 33.8 Å². The third kappa shape index (κ3) is 4.96. The molecule has 0 saturated carbocycles. The van der Waals surface area contributed by atoms with E-state index in [-0.39, 0.29) is 12.1 Å². The average Bonchev–Trinajstić information content (AvgIpc) is 2.41. The summed E-state index contributed by atoms with van der Waals surface area (Å²) in [6.45, 7) is 7.90. The standard InChI is InChI=1S/C15H23Cl2NO/c1-4-9-18-15(14(5-2)19-6-3)12-10-11(16)7-8-13(12)17/h7-8,10,14-15,18H,4-6,9H2,1-3H3. The molecule has 0 spiro atoms. The number of rotatable bonds is 8. The summed E-state index contributed by atoms with van der Waals surface area (Å²) >= 11 is 12.4. The Morgan fingerprint density at radius 3 is 2.53 bits per heavy atom. The van der Waals surface area contributed by atoms with Crippen LogP contribution < -0.4 is 5.32 Å². The van der Waals surface area contributed by atoms with Crippen molar-refractivity contribution in [1.82, 2.24) is 5.32 Å². The Bertz CT molecular complexity index is 384. The third-order valence-electron chi connectivity index (χ3n) is 3.06. The fourth-order valence-electron chi connectivity index (χ4n) is 2.16. The number of halogens is 2. The lowest BCUT2D eigenvalue weighted by Gasteiger charge is -2.28. The maximum Gasteiger partial charge on any atom is 0.0767 e. The van der Waals surface area contributed by atoms with Gasteiger partial charge in [0, 0.05) is 16.7 Å². The van der Waals surface area contributed by atoms with Crippen molar-refractivity contribution in [3.8, 4) is 0 Å². The van der Waals surface area contributed by atoms with Gasteiger partial charge in [-0.25, -0.2) is 0 Å².